The molecule has 0 saturated heterocycles. The molecule has 7 heteroatoms. The van der Waals surface area contributed by atoms with Gasteiger partial charge in [0.2, 0.25) is 0 Å². The number of carbonyl (C=O) groups is 2. The van der Waals surface area contributed by atoms with Gasteiger partial charge in [-0.2, -0.15) is 0 Å². The number of hydrogen-bond acceptors (Lipinski definition) is 5. The fraction of sp³-hybridized carbons (Fsp3) is 0.172. The zero-order chi connectivity index (χ0) is 25.4. The highest BCUT2D eigenvalue weighted by Crippen LogP contribution is 2.47. The number of ketones is 1. The average molecular weight is 612 g/mol. The minimum absolute atomic E-state index is 0.0783. The molecule has 1 aliphatic carbocycles. The van der Waals surface area contributed by atoms with Crippen LogP contribution in [0.2, 0.25) is 5.02 Å². The SMILES string of the molecule is CCOC(=O)C1=C(C)NC2=C(C(=O)c3ccccc32)[C@@H]1c1ccc(OCc2ccc(Cl)cc2)c(I)c1. The van der Waals surface area contributed by atoms with Crippen molar-refractivity contribution in [2.75, 3.05) is 6.61 Å². The maximum absolute atomic E-state index is 13.6. The first kappa shape index (κ1) is 24.6. The summed E-state index contributed by atoms with van der Waals surface area (Å²) in [6.45, 7) is 4.27. The summed E-state index contributed by atoms with van der Waals surface area (Å²) >= 11 is 8.20. The first-order chi connectivity index (χ1) is 17.4. The Morgan fingerprint density at radius 2 is 1.78 bits per heavy atom. The van der Waals surface area contributed by atoms with Crippen molar-refractivity contribution in [2.24, 2.45) is 0 Å². The van der Waals surface area contributed by atoms with Crippen LogP contribution in [0.4, 0.5) is 0 Å². The predicted molar refractivity (Wildman–Crippen MR) is 148 cm³/mol. The van der Waals surface area contributed by atoms with E-state index in [1.165, 1.54) is 0 Å². The number of hydrogen-bond donors (Lipinski definition) is 1. The summed E-state index contributed by atoms with van der Waals surface area (Å²) in [7, 11) is 0. The number of halogens is 2. The number of carbonyl (C=O) groups excluding carboxylic acids is 2. The zero-order valence-electron chi connectivity index (χ0n) is 19.7. The molecule has 0 amide bonds. The van der Waals surface area contributed by atoms with E-state index >= 15 is 0 Å². The second-order valence-electron chi connectivity index (χ2n) is 8.59. The Labute approximate surface area is 228 Å². The second kappa shape index (κ2) is 10.1. The van der Waals surface area contributed by atoms with Gasteiger partial charge in [-0.05, 0) is 71.8 Å². The lowest BCUT2D eigenvalue weighted by Gasteiger charge is -2.29. The highest BCUT2D eigenvalue weighted by atomic mass is 127. The first-order valence-corrected chi connectivity index (χ1v) is 13.0. The van der Waals surface area contributed by atoms with Crippen molar-refractivity contribution in [2.45, 2.75) is 26.4 Å². The van der Waals surface area contributed by atoms with Crippen LogP contribution in [0, 0.1) is 3.57 Å². The Kier molecular flexibility index (Phi) is 6.90. The van der Waals surface area contributed by atoms with Gasteiger partial charge in [0.05, 0.1) is 21.4 Å². The van der Waals surface area contributed by atoms with E-state index in [0.29, 0.717) is 34.0 Å². The van der Waals surface area contributed by atoms with Crippen LogP contribution in [0.1, 0.15) is 46.8 Å². The molecule has 3 aromatic rings. The minimum atomic E-state index is -0.556. The highest BCUT2D eigenvalue weighted by molar-refractivity contribution is 14.1. The molecule has 0 saturated carbocycles. The van der Waals surface area contributed by atoms with Gasteiger partial charge in [-0.25, -0.2) is 4.79 Å². The van der Waals surface area contributed by atoms with Crippen LogP contribution in [0.15, 0.2) is 83.6 Å². The molecule has 1 heterocycles. The molecular formula is C29H23ClINO4. The van der Waals surface area contributed by atoms with Crippen LogP contribution in [0.25, 0.3) is 5.70 Å². The first-order valence-electron chi connectivity index (χ1n) is 11.6. The van der Waals surface area contributed by atoms with Gasteiger partial charge >= 0.3 is 5.97 Å². The van der Waals surface area contributed by atoms with E-state index in [1.54, 1.807) is 6.92 Å². The van der Waals surface area contributed by atoms with Gasteiger partial charge in [-0.3, -0.25) is 4.79 Å². The van der Waals surface area contributed by atoms with Gasteiger partial charge in [0.1, 0.15) is 12.4 Å². The predicted octanol–water partition coefficient (Wildman–Crippen LogP) is 6.66. The molecule has 2 aliphatic rings. The van der Waals surface area contributed by atoms with Crippen molar-refractivity contribution >= 4 is 51.6 Å². The lowest BCUT2D eigenvalue weighted by molar-refractivity contribution is -0.138. The summed E-state index contributed by atoms with van der Waals surface area (Å²) in [6.07, 6.45) is 0. The molecule has 5 nitrogen and oxygen atoms in total. The summed E-state index contributed by atoms with van der Waals surface area (Å²) < 4.78 is 12.3. The number of esters is 1. The molecule has 3 aromatic carbocycles. The van der Waals surface area contributed by atoms with Crippen LogP contribution >= 0.6 is 34.2 Å². The topological polar surface area (TPSA) is 64.6 Å². The van der Waals surface area contributed by atoms with Crippen LogP contribution < -0.4 is 10.1 Å². The number of Topliss-reactive ketones (excluding diaryl/α,β-unsaturated/α-hetero) is 1. The molecule has 5 rings (SSSR count). The maximum atomic E-state index is 13.6. The summed E-state index contributed by atoms with van der Waals surface area (Å²) in [5.41, 5.74) is 5.76. The molecule has 1 atom stereocenters. The monoisotopic (exact) mass is 611 g/mol. The number of allylic oxidation sites excluding steroid dienone is 2. The van der Waals surface area contributed by atoms with E-state index in [2.05, 4.69) is 27.9 Å². The summed E-state index contributed by atoms with van der Waals surface area (Å²) in [5.74, 6) is -0.345. The fourth-order valence-corrected chi connectivity index (χ4v) is 5.52. The Hall–Kier alpha value is -3.10. The van der Waals surface area contributed by atoms with Crippen LogP contribution in [0.3, 0.4) is 0 Å². The second-order valence-corrected chi connectivity index (χ2v) is 10.2. The Balaban J connectivity index is 1.53. The summed E-state index contributed by atoms with van der Waals surface area (Å²) in [5, 5.41) is 4.00. The van der Waals surface area contributed by atoms with Crippen LogP contribution in [-0.2, 0) is 16.1 Å². The summed E-state index contributed by atoms with van der Waals surface area (Å²) in [4.78, 5) is 26.7. The number of fused-ring (bicyclic) bond motifs is 2. The number of nitrogens with one attached hydrogen (secondary N) is 1. The molecule has 1 aliphatic heterocycles. The van der Waals surface area contributed by atoms with Gasteiger partial charge in [0, 0.05) is 33.3 Å². The van der Waals surface area contributed by atoms with Gasteiger partial charge in [-0.15, -0.1) is 0 Å². The largest absolute Gasteiger partial charge is 0.488 e. The lowest BCUT2D eigenvalue weighted by atomic mass is 9.80. The van der Waals surface area contributed by atoms with Crippen molar-refractivity contribution in [1.82, 2.24) is 5.32 Å². The molecular weight excluding hydrogens is 589 g/mol. The van der Waals surface area contributed by atoms with Gasteiger partial charge in [0.25, 0.3) is 0 Å². The average Bonchev–Trinajstić information content (AvgIpc) is 3.15. The third-order valence-corrected chi connectivity index (χ3v) is 7.44. The zero-order valence-corrected chi connectivity index (χ0v) is 22.6. The molecule has 0 bridgehead atoms. The molecule has 0 aromatic heterocycles. The highest BCUT2D eigenvalue weighted by Gasteiger charge is 2.43. The standard InChI is InChI=1S/C29H23ClINO4/c1-3-35-29(34)24-16(2)32-27-20-6-4-5-7-21(20)28(33)26(27)25(24)18-10-13-23(22(31)14-18)36-15-17-8-11-19(30)12-9-17/h4-14,25,32H,3,15H2,1-2H3/t25-/m1/s1. The smallest absolute Gasteiger partial charge is 0.336 e. The van der Waals surface area contributed by atoms with E-state index in [1.807, 2.05) is 73.7 Å². The van der Waals surface area contributed by atoms with Crippen molar-refractivity contribution < 1.29 is 19.1 Å². The molecule has 0 fully saturated rings. The number of dihydropyridines is 1. The van der Waals surface area contributed by atoms with Crippen LogP contribution in [-0.4, -0.2) is 18.4 Å². The molecule has 0 radical (unpaired) electrons. The van der Waals surface area contributed by atoms with Gasteiger partial charge < -0.3 is 14.8 Å². The number of rotatable bonds is 6. The Bertz CT molecular complexity index is 1440. The third-order valence-electron chi connectivity index (χ3n) is 6.34. The summed E-state index contributed by atoms with van der Waals surface area (Å²) in [6, 6.07) is 20.8. The number of benzene rings is 3. The van der Waals surface area contributed by atoms with E-state index in [9.17, 15) is 9.59 Å². The molecule has 1 N–H and O–H groups in total. The van der Waals surface area contributed by atoms with Crippen molar-refractivity contribution in [3.05, 3.63) is 114 Å². The molecule has 0 unspecified atom stereocenters. The van der Waals surface area contributed by atoms with Gasteiger partial charge in [0.15, 0.2) is 5.78 Å². The van der Waals surface area contributed by atoms with E-state index in [4.69, 9.17) is 21.1 Å². The molecule has 36 heavy (non-hydrogen) atoms. The minimum Gasteiger partial charge on any atom is -0.488 e. The number of ether oxygens (including phenoxy) is 2. The van der Waals surface area contributed by atoms with Crippen molar-refractivity contribution in [3.8, 4) is 5.75 Å². The van der Waals surface area contributed by atoms with E-state index < -0.39 is 11.9 Å². The van der Waals surface area contributed by atoms with Crippen molar-refractivity contribution in [3.63, 3.8) is 0 Å². The van der Waals surface area contributed by atoms with Gasteiger partial charge in [-0.1, -0.05) is 54.1 Å². The maximum Gasteiger partial charge on any atom is 0.336 e. The van der Waals surface area contributed by atoms with E-state index in [-0.39, 0.29) is 12.4 Å². The lowest BCUT2D eigenvalue weighted by Crippen LogP contribution is -2.29. The van der Waals surface area contributed by atoms with Crippen LogP contribution in [0.5, 0.6) is 5.75 Å². The fourth-order valence-electron chi connectivity index (χ4n) is 4.70. The Morgan fingerprint density at radius 3 is 2.47 bits per heavy atom. The van der Waals surface area contributed by atoms with E-state index in [0.717, 1.165) is 31.7 Å². The molecule has 182 valence electrons. The quantitative estimate of drug-likeness (QED) is 0.250. The normalized spacial score (nSPS) is 16.4. The molecule has 0 spiro atoms. The Morgan fingerprint density at radius 1 is 1.06 bits per heavy atom. The van der Waals surface area contributed by atoms with Crippen molar-refractivity contribution in [1.29, 1.82) is 0 Å². The third kappa shape index (κ3) is 4.44.